The summed E-state index contributed by atoms with van der Waals surface area (Å²) in [4.78, 5) is 13.2. The van der Waals surface area contributed by atoms with Gasteiger partial charge >= 0.3 is 0 Å². The largest absolute Gasteiger partial charge is 0.325 e. The number of carbonyl (C=O) groups is 1. The van der Waals surface area contributed by atoms with Gasteiger partial charge < -0.3 is 10.7 Å². The van der Waals surface area contributed by atoms with Gasteiger partial charge in [-0.05, 0) is 55.3 Å². The minimum atomic E-state index is -0.430. The molecule has 0 fully saturated rings. The first kappa shape index (κ1) is 19.3. The van der Waals surface area contributed by atoms with Crippen LogP contribution < -0.4 is 10.7 Å². The third-order valence-corrected chi connectivity index (χ3v) is 6.49. The zero-order chi connectivity index (χ0) is 19.8. The number of anilines is 1. The maximum absolute atomic E-state index is 13.2. The molecule has 4 rings (SSSR count). The number of aryl methyl sites for hydroxylation is 2. The fraction of sp³-hybridized carbons (Fsp3) is 0.211. The van der Waals surface area contributed by atoms with Gasteiger partial charge in [-0.3, -0.25) is 4.79 Å². The van der Waals surface area contributed by atoms with Crippen LogP contribution >= 0.6 is 39.3 Å². The molecule has 1 aliphatic rings. The summed E-state index contributed by atoms with van der Waals surface area (Å²) in [5.41, 5.74) is 6.11. The predicted molar refractivity (Wildman–Crippen MR) is 115 cm³/mol. The lowest BCUT2D eigenvalue weighted by molar-refractivity contribution is -0.116. The van der Waals surface area contributed by atoms with E-state index in [4.69, 9.17) is 11.6 Å². The summed E-state index contributed by atoms with van der Waals surface area (Å²) in [6, 6.07) is 13.0. The number of hydrogen-bond donors (Lipinski definition) is 2. The van der Waals surface area contributed by atoms with Gasteiger partial charge in [0.2, 0.25) is 11.1 Å². The van der Waals surface area contributed by atoms with E-state index in [0.717, 1.165) is 27.1 Å². The van der Waals surface area contributed by atoms with Gasteiger partial charge in [-0.2, -0.15) is 0 Å². The molecule has 0 bridgehead atoms. The lowest BCUT2D eigenvalue weighted by Crippen LogP contribution is -2.41. The molecule has 144 valence electrons. The molecule has 0 spiro atoms. The second kappa shape index (κ2) is 7.77. The molecular weight excluding hydrogens is 462 g/mol. The van der Waals surface area contributed by atoms with Gasteiger partial charge in [0.25, 0.3) is 0 Å². The minimum absolute atomic E-state index is 0.102. The molecular formula is C19H17BrClN5OS. The van der Waals surface area contributed by atoms with Crippen molar-refractivity contribution < 1.29 is 4.79 Å². The molecule has 2 aromatic carbocycles. The Labute approximate surface area is 180 Å². The van der Waals surface area contributed by atoms with Crippen molar-refractivity contribution in [1.29, 1.82) is 0 Å². The second-order valence-corrected chi connectivity index (χ2v) is 8.97. The normalized spacial score (nSPS) is 18.3. The Bertz CT molecular complexity index is 1040. The number of thioether (sulfide) groups is 1. The highest BCUT2D eigenvalue weighted by atomic mass is 79.9. The van der Waals surface area contributed by atoms with Gasteiger partial charge in [0.05, 0.1) is 6.04 Å². The molecule has 2 atom stereocenters. The molecule has 0 radical (unpaired) electrons. The first-order chi connectivity index (χ1) is 13.4. The third kappa shape index (κ3) is 3.76. The first-order valence-electron chi connectivity index (χ1n) is 8.60. The fourth-order valence-electron chi connectivity index (χ4n) is 3.05. The fourth-order valence-corrected chi connectivity index (χ4v) is 4.78. The van der Waals surface area contributed by atoms with E-state index >= 15 is 0 Å². The lowest BCUT2D eigenvalue weighted by Gasteiger charge is -2.32. The van der Waals surface area contributed by atoms with E-state index < -0.39 is 5.25 Å². The van der Waals surface area contributed by atoms with Crippen molar-refractivity contribution in [2.75, 3.05) is 10.7 Å². The molecule has 9 heteroatoms. The topological polar surface area (TPSA) is 71.8 Å². The smallest absolute Gasteiger partial charge is 0.240 e. The average Bonchev–Trinajstić information content (AvgIpc) is 3.04. The molecule has 2 N–H and O–H groups in total. The van der Waals surface area contributed by atoms with Crippen LogP contribution in [0.25, 0.3) is 0 Å². The van der Waals surface area contributed by atoms with Crippen LogP contribution in [-0.4, -0.2) is 26.0 Å². The van der Waals surface area contributed by atoms with E-state index in [9.17, 15) is 4.79 Å². The highest BCUT2D eigenvalue weighted by Gasteiger charge is 2.37. The molecule has 3 aromatic rings. The highest BCUT2D eigenvalue weighted by molar-refractivity contribution is 9.10. The van der Waals surface area contributed by atoms with Crippen LogP contribution in [0.1, 0.15) is 23.0 Å². The molecule has 1 aliphatic heterocycles. The van der Waals surface area contributed by atoms with Crippen LogP contribution in [0.4, 0.5) is 5.69 Å². The molecule has 0 unspecified atom stereocenters. The van der Waals surface area contributed by atoms with Crippen LogP contribution in [-0.2, 0) is 4.79 Å². The van der Waals surface area contributed by atoms with Crippen LogP contribution in [0.5, 0.6) is 0 Å². The van der Waals surface area contributed by atoms with Crippen molar-refractivity contribution in [1.82, 2.24) is 14.9 Å². The van der Waals surface area contributed by atoms with Crippen LogP contribution in [0.2, 0.25) is 5.02 Å². The molecule has 1 amide bonds. The second-order valence-electron chi connectivity index (χ2n) is 6.51. The molecule has 2 heterocycles. The number of amides is 1. The van der Waals surface area contributed by atoms with Crippen LogP contribution in [0.3, 0.4) is 0 Å². The Balaban J connectivity index is 1.67. The summed E-state index contributed by atoms with van der Waals surface area (Å²) >= 11 is 10.9. The summed E-state index contributed by atoms with van der Waals surface area (Å²) in [5, 5.41) is 12.2. The number of rotatable bonds is 3. The Morgan fingerprint density at radius 1 is 1.21 bits per heavy atom. The van der Waals surface area contributed by atoms with E-state index in [2.05, 4.69) is 36.9 Å². The van der Waals surface area contributed by atoms with Gasteiger partial charge in [-0.25, -0.2) is 4.68 Å². The van der Waals surface area contributed by atoms with Gasteiger partial charge in [0.15, 0.2) is 0 Å². The number of aromatic nitrogens is 3. The van der Waals surface area contributed by atoms with Crippen molar-refractivity contribution in [2.45, 2.75) is 30.3 Å². The standard InChI is InChI=1S/C19H17BrClN5OS/c1-10-9-13(20)5-8-15(10)22-18(27)17-16(12-3-6-14(21)7-4-12)25-26-11(2)23-24-19(26)28-17/h3-9,16-17,25H,1-2H3,(H,22,27)/t16-,17-/m1/s1. The SMILES string of the molecule is Cc1cc(Br)ccc1NC(=O)[C@@H]1Sc2nnc(C)n2N[C@@H]1c1ccc(Cl)cc1. The quantitative estimate of drug-likeness (QED) is 0.570. The third-order valence-electron chi connectivity index (χ3n) is 4.53. The van der Waals surface area contributed by atoms with Crippen molar-refractivity contribution in [3.63, 3.8) is 0 Å². The van der Waals surface area contributed by atoms with Crippen molar-refractivity contribution in [2.24, 2.45) is 0 Å². The summed E-state index contributed by atoms with van der Waals surface area (Å²) in [6.45, 7) is 3.83. The first-order valence-corrected chi connectivity index (χ1v) is 10.6. The number of carbonyl (C=O) groups excluding carboxylic acids is 1. The van der Waals surface area contributed by atoms with Gasteiger partial charge in [-0.1, -0.05) is 51.4 Å². The number of benzene rings is 2. The van der Waals surface area contributed by atoms with E-state index in [1.165, 1.54) is 11.8 Å². The van der Waals surface area contributed by atoms with E-state index in [1.807, 2.05) is 61.0 Å². The molecule has 0 saturated carbocycles. The molecule has 1 aromatic heterocycles. The van der Waals surface area contributed by atoms with Gasteiger partial charge in [0, 0.05) is 15.2 Å². The number of nitrogens with zero attached hydrogens (tertiary/aromatic N) is 3. The van der Waals surface area contributed by atoms with Crippen molar-refractivity contribution in [3.8, 4) is 0 Å². The maximum atomic E-state index is 13.2. The zero-order valence-electron chi connectivity index (χ0n) is 15.1. The highest BCUT2D eigenvalue weighted by Crippen LogP contribution is 2.38. The Hall–Kier alpha value is -2.03. The Morgan fingerprint density at radius 3 is 2.68 bits per heavy atom. The number of halogens is 2. The van der Waals surface area contributed by atoms with Crippen LogP contribution in [0, 0.1) is 13.8 Å². The lowest BCUT2D eigenvalue weighted by atomic mass is 10.0. The van der Waals surface area contributed by atoms with Crippen molar-refractivity contribution in [3.05, 3.63) is 68.9 Å². The van der Waals surface area contributed by atoms with E-state index in [0.29, 0.717) is 10.2 Å². The Morgan fingerprint density at radius 2 is 1.96 bits per heavy atom. The summed E-state index contributed by atoms with van der Waals surface area (Å²) in [6.07, 6.45) is 0. The summed E-state index contributed by atoms with van der Waals surface area (Å²) in [5.74, 6) is 0.638. The number of fused-ring (bicyclic) bond motifs is 1. The number of nitrogens with one attached hydrogen (secondary N) is 2. The maximum Gasteiger partial charge on any atom is 0.240 e. The monoisotopic (exact) mass is 477 g/mol. The van der Waals surface area contributed by atoms with E-state index in [1.54, 1.807) is 0 Å². The van der Waals surface area contributed by atoms with Crippen LogP contribution in [0.15, 0.2) is 52.1 Å². The minimum Gasteiger partial charge on any atom is -0.325 e. The predicted octanol–water partition coefficient (Wildman–Crippen LogP) is 4.71. The van der Waals surface area contributed by atoms with Gasteiger partial charge in [0.1, 0.15) is 11.1 Å². The molecule has 28 heavy (non-hydrogen) atoms. The zero-order valence-corrected chi connectivity index (χ0v) is 18.3. The van der Waals surface area contributed by atoms with Crippen molar-refractivity contribution >= 4 is 50.9 Å². The van der Waals surface area contributed by atoms with E-state index in [-0.39, 0.29) is 11.9 Å². The summed E-state index contributed by atoms with van der Waals surface area (Å²) < 4.78 is 2.79. The average molecular weight is 479 g/mol. The molecule has 0 aliphatic carbocycles. The number of hydrogen-bond acceptors (Lipinski definition) is 5. The Kier molecular flexibility index (Phi) is 5.35. The van der Waals surface area contributed by atoms with Gasteiger partial charge in [-0.15, -0.1) is 10.2 Å². The summed E-state index contributed by atoms with van der Waals surface area (Å²) in [7, 11) is 0. The molecule has 6 nitrogen and oxygen atoms in total. The molecule has 0 saturated heterocycles.